The van der Waals surface area contributed by atoms with Crippen LogP contribution in [-0.2, 0) is 14.3 Å². The van der Waals surface area contributed by atoms with Crippen molar-refractivity contribution in [3.05, 3.63) is 58.8 Å². The van der Waals surface area contributed by atoms with Crippen molar-refractivity contribution in [1.82, 2.24) is 9.47 Å². The molecule has 144 valence electrons. The van der Waals surface area contributed by atoms with Crippen molar-refractivity contribution >= 4 is 40.9 Å². The predicted octanol–water partition coefficient (Wildman–Crippen LogP) is 2.77. The van der Waals surface area contributed by atoms with Crippen LogP contribution in [-0.4, -0.2) is 50.8 Å². The highest BCUT2D eigenvalue weighted by molar-refractivity contribution is 8.18. The first-order valence-corrected chi connectivity index (χ1v) is 9.01. The number of amides is 2. The maximum atomic E-state index is 12.6. The standard InChI is InChI=1S/C19H16N2O6S/c1-11(18(25)27-2)21-16(22)15(28-19(21)26)10-14-7-4-8-20(14)13-6-3-5-12(9-13)17(23)24/h3-11H,1-2H3,(H,23,24)/b15-10+/t11-/m1/s1. The monoisotopic (exact) mass is 400 g/mol. The number of carbonyl (C=O) groups excluding carboxylic acids is 3. The predicted molar refractivity (Wildman–Crippen MR) is 102 cm³/mol. The number of hydrogen-bond acceptors (Lipinski definition) is 6. The maximum absolute atomic E-state index is 12.6. The van der Waals surface area contributed by atoms with E-state index in [0.29, 0.717) is 11.4 Å². The highest BCUT2D eigenvalue weighted by Gasteiger charge is 2.41. The SMILES string of the molecule is COC(=O)[C@@H](C)N1C(=O)S/C(=C/c2cccn2-c2cccc(C(=O)O)c2)C1=O. The van der Waals surface area contributed by atoms with E-state index in [4.69, 9.17) is 5.11 Å². The number of carboxylic acid groups (broad SMARTS) is 1. The van der Waals surface area contributed by atoms with Gasteiger partial charge in [0.2, 0.25) is 0 Å². The minimum atomic E-state index is -1.05. The molecule has 28 heavy (non-hydrogen) atoms. The summed E-state index contributed by atoms with van der Waals surface area (Å²) in [5.41, 5.74) is 1.31. The summed E-state index contributed by atoms with van der Waals surface area (Å²) in [6.07, 6.45) is 3.25. The second-order valence-corrected chi connectivity index (χ2v) is 6.90. The Morgan fingerprint density at radius 3 is 2.64 bits per heavy atom. The van der Waals surface area contributed by atoms with Gasteiger partial charge in [-0.2, -0.15) is 0 Å². The molecule has 1 aromatic heterocycles. The third-order valence-electron chi connectivity index (χ3n) is 4.18. The summed E-state index contributed by atoms with van der Waals surface area (Å²) < 4.78 is 6.30. The number of nitrogens with zero attached hydrogens (tertiary/aromatic N) is 2. The lowest BCUT2D eigenvalue weighted by molar-refractivity contribution is -0.148. The molecule has 1 aromatic carbocycles. The van der Waals surface area contributed by atoms with Gasteiger partial charge in [-0.1, -0.05) is 6.07 Å². The Morgan fingerprint density at radius 2 is 1.96 bits per heavy atom. The molecule has 1 fully saturated rings. The summed E-state index contributed by atoms with van der Waals surface area (Å²) in [4.78, 5) is 48.7. The fraction of sp³-hybridized carbons (Fsp3) is 0.158. The number of ether oxygens (including phenoxy) is 1. The summed E-state index contributed by atoms with van der Waals surface area (Å²) in [6.45, 7) is 1.42. The number of rotatable bonds is 5. The average molecular weight is 400 g/mol. The van der Waals surface area contributed by atoms with Crippen molar-refractivity contribution in [2.75, 3.05) is 7.11 Å². The number of carbonyl (C=O) groups is 4. The van der Waals surface area contributed by atoms with Gasteiger partial charge in [-0.15, -0.1) is 0 Å². The lowest BCUT2D eigenvalue weighted by Crippen LogP contribution is -2.42. The summed E-state index contributed by atoms with van der Waals surface area (Å²) in [5.74, 6) is -2.31. The fourth-order valence-corrected chi connectivity index (χ4v) is 3.65. The van der Waals surface area contributed by atoms with E-state index in [-0.39, 0.29) is 10.5 Å². The fourth-order valence-electron chi connectivity index (χ4n) is 2.76. The van der Waals surface area contributed by atoms with E-state index in [1.54, 1.807) is 35.0 Å². The molecule has 0 aliphatic carbocycles. The molecular weight excluding hydrogens is 384 g/mol. The molecule has 0 spiro atoms. The van der Waals surface area contributed by atoms with Crippen LogP contribution in [0.3, 0.4) is 0 Å². The second-order valence-electron chi connectivity index (χ2n) is 5.91. The number of esters is 1. The summed E-state index contributed by atoms with van der Waals surface area (Å²) in [5, 5.41) is 8.61. The van der Waals surface area contributed by atoms with Crippen molar-refractivity contribution in [3.8, 4) is 5.69 Å². The first kappa shape index (κ1) is 19.4. The zero-order chi connectivity index (χ0) is 20.4. The number of aromatic nitrogens is 1. The molecule has 2 aromatic rings. The van der Waals surface area contributed by atoms with Crippen molar-refractivity contribution < 1.29 is 29.0 Å². The molecule has 2 heterocycles. The van der Waals surface area contributed by atoms with Gasteiger partial charge in [-0.05, 0) is 55.1 Å². The molecule has 8 nitrogen and oxygen atoms in total. The van der Waals surface area contributed by atoms with Gasteiger partial charge in [0.1, 0.15) is 6.04 Å². The Hall–Kier alpha value is -3.33. The van der Waals surface area contributed by atoms with E-state index >= 15 is 0 Å². The number of methoxy groups -OCH3 is 1. The van der Waals surface area contributed by atoms with Crippen LogP contribution in [0.15, 0.2) is 47.5 Å². The van der Waals surface area contributed by atoms with E-state index in [9.17, 15) is 19.2 Å². The van der Waals surface area contributed by atoms with Gasteiger partial charge in [-0.25, -0.2) is 9.59 Å². The van der Waals surface area contributed by atoms with Crippen LogP contribution in [0.1, 0.15) is 23.0 Å². The van der Waals surface area contributed by atoms with Gasteiger partial charge in [-0.3, -0.25) is 14.5 Å². The minimum absolute atomic E-state index is 0.129. The van der Waals surface area contributed by atoms with Crippen LogP contribution in [0.4, 0.5) is 4.79 Å². The minimum Gasteiger partial charge on any atom is -0.478 e. The van der Waals surface area contributed by atoms with E-state index in [1.807, 2.05) is 0 Å². The third kappa shape index (κ3) is 3.56. The van der Waals surface area contributed by atoms with E-state index in [0.717, 1.165) is 16.7 Å². The molecule has 9 heteroatoms. The number of hydrogen-bond donors (Lipinski definition) is 1. The van der Waals surface area contributed by atoms with Crippen LogP contribution in [0, 0.1) is 0 Å². The molecule has 1 saturated heterocycles. The van der Waals surface area contributed by atoms with Gasteiger partial charge in [0.15, 0.2) is 0 Å². The number of thioether (sulfide) groups is 1. The van der Waals surface area contributed by atoms with Crippen LogP contribution < -0.4 is 0 Å². The largest absolute Gasteiger partial charge is 0.478 e. The summed E-state index contributed by atoms with van der Waals surface area (Å²) in [6, 6.07) is 8.77. The molecule has 1 atom stereocenters. The third-order valence-corrected chi connectivity index (χ3v) is 5.07. The molecule has 0 saturated carbocycles. The Balaban J connectivity index is 1.94. The topological polar surface area (TPSA) is 106 Å². The molecule has 1 aliphatic rings. The zero-order valence-electron chi connectivity index (χ0n) is 15.0. The van der Waals surface area contributed by atoms with E-state index in [1.165, 1.54) is 32.2 Å². The first-order valence-electron chi connectivity index (χ1n) is 8.19. The van der Waals surface area contributed by atoms with Crippen LogP contribution >= 0.6 is 11.8 Å². The average Bonchev–Trinajstić information content (AvgIpc) is 3.25. The molecule has 2 amide bonds. The van der Waals surface area contributed by atoms with Crippen LogP contribution in [0.5, 0.6) is 0 Å². The molecule has 1 N–H and O–H groups in total. The Kier molecular flexibility index (Phi) is 5.36. The Bertz CT molecular complexity index is 1010. The van der Waals surface area contributed by atoms with Crippen molar-refractivity contribution in [2.24, 2.45) is 0 Å². The van der Waals surface area contributed by atoms with Gasteiger partial charge in [0.25, 0.3) is 11.1 Å². The normalized spacial score (nSPS) is 16.5. The molecular formula is C19H16N2O6S. The number of carboxylic acids is 1. The Morgan fingerprint density at radius 1 is 1.21 bits per heavy atom. The van der Waals surface area contributed by atoms with Gasteiger partial charge in [0.05, 0.1) is 17.6 Å². The van der Waals surface area contributed by atoms with E-state index in [2.05, 4.69) is 4.74 Å². The number of aromatic carboxylic acids is 1. The van der Waals surface area contributed by atoms with Crippen molar-refractivity contribution in [2.45, 2.75) is 13.0 Å². The summed E-state index contributed by atoms with van der Waals surface area (Å²) in [7, 11) is 1.19. The van der Waals surface area contributed by atoms with Gasteiger partial charge < -0.3 is 14.4 Å². The summed E-state index contributed by atoms with van der Waals surface area (Å²) >= 11 is 0.732. The highest BCUT2D eigenvalue weighted by atomic mass is 32.2. The molecule has 0 unspecified atom stereocenters. The molecule has 0 radical (unpaired) electrons. The quantitative estimate of drug-likeness (QED) is 0.608. The first-order chi connectivity index (χ1) is 13.3. The van der Waals surface area contributed by atoms with Crippen molar-refractivity contribution in [1.29, 1.82) is 0 Å². The zero-order valence-corrected chi connectivity index (χ0v) is 15.8. The maximum Gasteiger partial charge on any atom is 0.335 e. The Labute approximate surface area is 164 Å². The van der Waals surface area contributed by atoms with Crippen LogP contribution in [0.25, 0.3) is 11.8 Å². The highest BCUT2D eigenvalue weighted by Crippen LogP contribution is 2.34. The molecule has 3 rings (SSSR count). The van der Waals surface area contributed by atoms with Gasteiger partial charge in [0, 0.05) is 17.6 Å². The van der Waals surface area contributed by atoms with Crippen molar-refractivity contribution in [3.63, 3.8) is 0 Å². The lowest BCUT2D eigenvalue weighted by Gasteiger charge is -2.18. The number of benzene rings is 1. The second kappa shape index (κ2) is 7.73. The molecule has 0 bridgehead atoms. The number of imide groups is 1. The smallest absolute Gasteiger partial charge is 0.335 e. The van der Waals surface area contributed by atoms with Crippen LogP contribution in [0.2, 0.25) is 0 Å². The lowest BCUT2D eigenvalue weighted by atomic mass is 10.2. The van der Waals surface area contributed by atoms with Gasteiger partial charge >= 0.3 is 11.9 Å². The van der Waals surface area contributed by atoms with E-state index < -0.39 is 29.1 Å². The molecule has 1 aliphatic heterocycles.